The third-order valence-electron chi connectivity index (χ3n) is 5.80. The average molecular weight is 422 g/mol. The Hall–Kier alpha value is -2.60. The lowest BCUT2D eigenvalue weighted by Crippen LogP contribution is -2.36. The van der Waals surface area contributed by atoms with Crippen molar-refractivity contribution in [3.63, 3.8) is 0 Å². The van der Waals surface area contributed by atoms with Gasteiger partial charge in [0.25, 0.3) is 5.91 Å². The van der Waals surface area contributed by atoms with E-state index in [-0.39, 0.29) is 16.9 Å². The molecule has 3 heterocycles. The van der Waals surface area contributed by atoms with Crippen molar-refractivity contribution in [3.8, 4) is 0 Å². The number of hydrogen-bond donors (Lipinski definition) is 0. The van der Waals surface area contributed by atoms with E-state index in [0.717, 1.165) is 17.9 Å². The highest BCUT2D eigenvalue weighted by molar-refractivity contribution is 7.99. The van der Waals surface area contributed by atoms with Gasteiger partial charge in [-0.05, 0) is 50.5 Å². The molecule has 30 heavy (non-hydrogen) atoms. The van der Waals surface area contributed by atoms with Gasteiger partial charge in [0.2, 0.25) is 5.43 Å². The summed E-state index contributed by atoms with van der Waals surface area (Å²) in [5.74, 6) is 0.692. The highest BCUT2D eigenvalue weighted by Crippen LogP contribution is 2.36. The first-order valence-electron chi connectivity index (χ1n) is 10.5. The van der Waals surface area contributed by atoms with Gasteiger partial charge in [0, 0.05) is 42.5 Å². The number of nitrogens with zero attached hydrogens (tertiary/aromatic N) is 3. The molecule has 2 aromatic heterocycles. The Balaban J connectivity index is 1.63. The number of carbonyl (C=O) groups excluding carboxylic acids is 1. The van der Waals surface area contributed by atoms with Crippen LogP contribution in [0.25, 0.3) is 11.0 Å². The zero-order valence-corrected chi connectivity index (χ0v) is 18.5. The predicted octanol–water partition coefficient (Wildman–Crippen LogP) is 4.35. The first-order valence-corrected chi connectivity index (χ1v) is 11.5. The number of thioether (sulfide) groups is 1. The van der Waals surface area contributed by atoms with E-state index in [0.29, 0.717) is 35.9 Å². The molecule has 0 N–H and O–H groups in total. The zero-order chi connectivity index (χ0) is 21.3. The van der Waals surface area contributed by atoms with E-state index in [9.17, 15) is 9.59 Å². The lowest BCUT2D eigenvalue weighted by Gasteiger charge is -2.21. The van der Waals surface area contributed by atoms with Crippen LogP contribution in [0.15, 0.2) is 47.4 Å². The van der Waals surface area contributed by atoms with Gasteiger partial charge in [0.15, 0.2) is 0 Å². The van der Waals surface area contributed by atoms with Crippen LogP contribution in [0.2, 0.25) is 0 Å². The quantitative estimate of drug-likeness (QED) is 0.631. The maximum atomic E-state index is 13.3. The number of carbonyl (C=O) groups is 1. The lowest BCUT2D eigenvalue weighted by atomic mass is 10.0. The molecule has 1 aromatic carbocycles. The molecule has 5 nitrogen and oxygen atoms in total. The Labute approximate surface area is 181 Å². The van der Waals surface area contributed by atoms with E-state index in [1.54, 1.807) is 12.3 Å². The van der Waals surface area contributed by atoms with E-state index in [1.807, 2.05) is 41.1 Å². The summed E-state index contributed by atoms with van der Waals surface area (Å²) < 4.78 is 1.90. The fourth-order valence-corrected chi connectivity index (χ4v) is 5.42. The lowest BCUT2D eigenvalue weighted by molar-refractivity contribution is 0.0764. The van der Waals surface area contributed by atoms with Crippen LogP contribution in [0, 0.1) is 13.8 Å². The van der Waals surface area contributed by atoms with E-state index >= 15 is 0 Å². The van der Waals surface area contributed by atoms with Crippen molar-refractivity contribution >= 4 is 28.7 Å². The Kier molecular flexibility index (Phi) is 5.95. The van der Waals surface area contributed by atoms with Crippen molar-refractivity contribution in [3.05, 3.63) is 75.2 Å². The van der Waals surface area contributed by atoms with Crippen LogP contribution in [0.4, 0.5) is 0 Å². The Morgan fingerprint density at radius 2 is 1.97 bits per heavy atom. The third-order valence-corrected chi connectivity index (χ3v) is 7.11. The van der Waals surface area contributed by atoms with Gasteiger partial charge in [-0.3, -0.25) is 9.59 Å². The number of pyridine rings is 2. The highest BCUT2D eigenvalue weighted by atomic mass is 32.2. The summed E-state index contributed by atoms with van der Waals surface area (Å²) >= 11 is 1.90. The molecule has 0 spiro atoms. The summed E-state index contributed by atoms with van der Waals surface area (Å²) in [7, 11) is 0. The minimum Gasteiger partial charge on any atom is -0.338 e. The van der Waals surface area contributed by atoms with Crippen molar-refractivity contribution < 1.29 is 4.79 Å². The first kappa shape index (κ1) is 20.7. The molecular weight excluding hydrogens is 394 g/mol. The van der Waals surface area contributed by atoms with Crippen LogP contribution < -0.4 is 5.43 Å². The molecule has 1 atom stereocenters. The van der Waals surface area contributed by atoms with Crippen molar-refractivity contribution in [2.75, 3.05) is 18.8 Å². The summed E-state index contributed by atoms with van der Waals surface area (Å²) in [6.45, 7) is 8.00. The number of aryl methyl sites for hydroxylation is 3. The third kappa shape index (κ3) is 3.88. The number of fused-ring (bicyclic) bond motifs is 1. The zero-order valence-electron chi connectivity index (χ0n) is 17.7. The number of benzene rings is 1. The Morgan fingerprint density at radius 1 is 1.17 bits per heavy atom. The molecular formula is C24H27N3O2S. The maximum absolute atomic E-state index is 13.3. The van der Waals surface area contributed by atoms with Crippen molar-refractivity contribution in [2.45, 2.75) is 39.0 Å². The fourth-order valence-electron chi connectivity index (χ4n) is 4.09. The molecule has 3 aromatic rings. The SMILES string of the molecule is CCn1cc(C(=O)N2CCS[C@H](c3ccccc3C)CC2)c(=O)c2ccc(C)nc21. The van der Waals surface area contributed by atoms with Crippen molar-refractivity contribution in [1.29, 1.82) is 0 Å². The second-order valence-electron chi connectivity index (χ2n) is 7.78. The standard InChI is InChI=1S/C24H27N3O2S/c1-4-26-15-20(22(28)19-10-9-17(3)25-23(19)26)24(29)27-12-11-21(30-14-13-27)18-8-6-5-7-16(18)2/h5-10,15,21H,4,11-14H2,1-3H3/t21-/m0/s1. The van der Waals surface area contributed by atoms with Gasteiger partial charge in [0.05, 0.1) is 5.39 Å². The number of amides is 1. The predicted molar refractivity (Wildman–Crippen MR) is 123 cm³/mol. The van der Waals surface area contributed by atoms with E-state index in [1.165, 1.54) is 11.1 Å². The summed E-state index contributed by atoms with van der Waals surface area (Å²) in [5, 5.41) is 0.885. The normalized spacial score (nSPS) is 17.2. The maximum Gasteiger partial charge on any atom is 0.259 e. The first-order chi connectivity index (χ1) is 14.5. The van der Waals surface area contributed by atoms with E-state index in [4.69, 9.17) is 0 Å². The molecule has 0 saturated carbocycles. The smallest absolute Gasteiger partial charge is 0.259 e. The van der Waals surface area contributed by atoms with E-state index < -0.39 is 0 Å². The molecule has 0 bridgehead atoms. The Bertz CT molecular complexity index is 1150. The van der Waals surface area contributed by atoms with Crippen LogP contribution in [0.1, 0.15) is 45.8 Å². The van der Waals surface area contributed by atoms with Crippen LogP contribution in [-0.2, 0) is 6.54 Å². The monoisotopic (exact) mass is 421 g/mol. The average Bonchev–Trinajstić information content (AvgIpc) is 3.00. The summed E-state index contributed by atoms with van der Waals surface area (Å²) in [6.07, 6.45) is 2.58. The topological polar surface area (TPSA) is 55.2 Å². The number of rotatable bonds is 3. The van der Waals surface area contributed by atoms with E-state index in [2.05, 4.69) is 36.2 Å². The van der Waals surface area contributed by atoms with Gasteiger partial charge in [-0.1, -0.05) is 24.3 Å². The van der Waals surface area contributed by atoms with Gasteiger partial charge in [-0.2, -0.15) is 11.8 Å². The fraction of sp³-hybridized carbons (Fsp3) is 0.375. The number of hydrogen-bond acceptors (Lipinski definition) is 4. The van der Waals surface area contributed by atoms with Gasteiger partial charge >= 0.3 is 0 Å². The van der Waals surface area contributed by atoms with Crippen molar-refractivity contribution in [2.24, 2.45) is 0 Å². The minimum absolute atomic E-state index is 0.171. The van der Waals surface area contributed by atoms with Crippen LogP contribution >= 0.6 is 11.8 Å². The van der Waals surface area contributed by atoms with Crippen LogP contribution in [0.5, 0.6) is 0 Å². The largest absolute Gasteiger partial charge is 0.338 e. The molecule has 0 unspecified atom stereocenters. The summed E-state index contributed by atoms with van der Waals surface area (Å²) in [5.41, 5.74) is 4.16. The molecule has 4 rings (SSSR count). The van der Waals surface area contributed by atoms with Gasteiger partial charge in [-0.25, -0.2) is 4.98 Å². The van der Waals surface area contributed by atoms with Gasteiger partial charge in [-0.15, -0.1) is 0 Å². The second kappa shape index (κ2) is 8.64. The van der Waals surface area contributed by atoms with Crippen LogP contribution in [0.3, 0.4) is 0 Å². The molecule has 1 saturated heterocycles. The highest BCUT2D eigenvalue weighted by Gasteiger charge is 2.26. The van der Waals surface area contributed by atoms with Gasteiger partial charge in [0.1, 0.15) is 11.2 Å². The molecule has 1 aliphatic rings. The molecule has 0 radical (unpaired) electrons. The molecule has 6 heteroatoms. The molecule has 156 valence electrons. The van der Waals surface area contributed by atoms with Gasteiger partial charge < -0.3 is 9.47 Å². The minimum atomic E-state index is -0.223. The molecule has 1 aliphatic heterocycles. The summed E-state index contributed by atoms with van der Waals surface area (Å²) in [4.78, 5) is 32.8. The molecule has 1 amide bonds. The second-order valence-corrected chi connectivity index (χ2v) is 9.09. The molecule has 1 fully saturated rings. The van der Waals surface area contributed by atoms with Crippen LogP contribution in [-0.4, -0.2) is 39.2 Å². The molecule has 0 aliphatic carbocycles. The Morgan fingerprint density at radius 3 is 2.73 bits per heavy atom. The summed E-state index contributed by atoms with van der Waals surface area (Å²) in [6, 6.07) is 12.1. The number of aromatic nitrogens is 2. The van der Waals surface area contributed by atoms with Crippen molar-refractivity contribution in [1.82, 2.24) is 14.5 Å².